The lowest BCUT2D eigenvalue weighted by Crippen LogP contribution is -1.97. The molecule has 5 heteroatoms. The number of nitrogens with zero attached hydrogens (tertiary/aromatic N) is 2. The Labute approximate surface area is 98.5 Å². The minimum atomic E-state index is -0.254. The fourth-order valence-electron chi connectivity index (χ4n) is 1.32. The van der Waals surface area contributed by atoms with Gasteiger partial charge >= 0.3 is 0 Å². The van der Waals surface area contributed by atoms with E-state index in [2.05, 4.69) is 15.3 Å². The second kappa shape index (κ2) is 4.78. The molecule has 1 N–H and O–H groups in total. The number of benzene rings is 1. The van der Waals surface area contributed by atoms with Gasteiger partial charge in [-0.25, -0.2) is 9.37 Å². The van der Waals surface area contributed by atoms with Crippen molar-refractivity contribution in [2.75, 3.05) is 12.4 Å². The van der Waals surface area contributed by atoms with Crippen LogP contribution in [0.1, 0.15) is 5.56 Å². The van der Waals surface area contributed by atoms with Crippen molar-refractivity contribution in [2.24, 2.45) is 0 Å². The van der Waals surface area contributed by atoms with Crippen molar-refractivity contribution >= 4 is 5.95 Å². The molecular weight excluding hydrogens is 221 g/mol. The minimum Gasteiger partial charge on any atom is -0.439 e. The van der Waals surface area contributed by atoms with Crippen molar-refractivity contribution in [1.29, 1.82) is 0 Å². The van der Waals surface area contributed by atoms with E-state index in [0.717, 1.165) is 0 Å². The summed E-state index contributed by atoms with van der Waals surface area (Å²) in [6, 6.07) is 6.18. The summed E-state index contributed by atoms with van der Waals surface area (Å²) in [6.45, 7) is 1.68. The van der Waals surface area contributed by atoms with E-state index in [1.54, 1.807) is 38.4 Å². The second-order valence-electron chi connectivity index (χ2n) is 3.48. The molecule has 0 bridgehead atoms. The third-order valence-electron chi connectivity index (χ3n) is 2.21. The zero-order valence-electron chi connectivity index (χ0n) is 9.57. The average Bonchev–Trinajstić information content (AvgIpc) is 2.34. The van der Waals surface area contributed by atoms with E-state index < -0.39 is 0 Å². The first-order chi connectivity index (χ1) is 8.19. The molecule has 0 aliphatic rings. The van der Waals surface area contributed by atoms with Crippen LogP contribution in [-0.2, 0) is 0 Å². The second-order valence-corrected chi connectivity index (χ2v) is 3.48. The number of nitrogens with one attached hydrogen (secondary N) is 1. The third kappa shape index (κ3) is 2.69. The average molecular weight is 233 g/mol. The fraction of sp³-hybridized carbons (Fsp3) is 0.167. The highest BCUT2D eigenvalue weighted by atomic mass is 19.1. The summed E-state index contributed by atoms with van der Waals surface area (Å²) in [5, 5.41) is 2.81. The van der Waals surface area contributed by atoms with Crippen LogP contribution in [0.2, 0.25) is 0 Å². The van der Waals surface area contributed by atoms with Crippen molar-refractivity contribution < 1.29 is 9.13 Å². The fourth-order valence-corrected chi connectivity index (χ4v) is 1.32. The summed E-state index contributed by atoms with van der Waals surface area (Å²) < 4.78 is 18.6. The quantitative estimate of drug-likeness (QED) is 0.885. The van der Waals surface area contributed by atoms with E-state index in [-0.39, 0.29) is 5.82 Å². The molecule has 17 heavy (non-hydrogen) atoms. The first-order valence-electron chi connectivity index (χ1n) is 5.14. The van der Waals surface area contributed by atoms with Gasteiger partial charge in [-0.1, -0.05) is 0 Å². The summed E-state index contributed by atoms with van der Waals surface area (Å²) in [7, 11) is 1.72. The van der Waals surface area contributed by atoms with Gasteiger partial charge in [-0.15, -0.1) is 0 Å². The summed E-state index contributed by atoms with van der Waals surface area (Å²) in [5.41, 5.74) is 0.533. The summed E-state index contributed by atoms with van der Waals surface area (Å²) >= 11 is 0. The van der Waals surface area contributed by atoms with E-state index in [0.29, 0.717) is 23.1 Å². The van der Waals surface area contributed by atoms with Gasteiger partial charge in [0.2, 0.25) is 11.8 Å². The van der Waals surface area contributed by atoms with Gasteiger partial charge in [0.15, 0.2) is 0 Å². The van der Waals surface area contributed by atoms with Crippen LogP contribution in [0.5, 0.6) is 11.6 Å². The van der Waals surface area contributed by atoms with Crippen LogP contribution < -0.4 is 10.1 Å². The highest BCUT2D eigenvalue weighted by molar-refractivity contribution is 5.33. The molecular formula is C12H12FN3O. The molecule has 0 aliphatic carbocycles. The number of aromatic nitrogens is 2. The summed E-state index contributed by atoms with van der Waals surface area (Å²) in [6.07, 6.45) is 1.59. The third-order valence-corrected chi connectivity index (χ3v) is 2.21. The molecule has 0 saturated carbocycles. The Morgan fingerprint density at radius 1 is 1.29 bits per heavy atom. The van der Waals surface area contributed by atoms with E-state index in [1.165, 1.54) is 6.07 Å². The first-order valence-corrected chi connectivity index (χ1v) is 5.14. The molecule has 0 fully saturated rings. The molecule has 0 radical (unpaired) electrons. The molecule has 2 rings (SSSR count). The lowest BCUT2D eigenvalue weighted by Gasteiger charge is -2.06. The predicted molar refractivity (Wildman–Crippen MR) is 62.8 cm³/mol. The Balaban J connectivity index is 2.22. The molecule has 0 aliphatic heterocycles. The molecule has 88 valence electrons. The standard InChI is InChI=1S/C12H12FN3O/c1-8-7-9(3-4-10(8)13)17-11-5-6-15-12(14-2)16-11/h3-7H,1-2H3,(H,14,15,16). The number of ether oxygens (including phenoxy) is 1. The van der Waals surface area contributed by atoms with Crippen LogP contribution in [0.15, 0.2) is 30.5 Å². The van der Waals surface area contributed by atoms with Gasteiger partial charge in [0.25, 0.3) is 0 Å². The van der Waals surface area contributed by atoms with Crippen LogP contribution in [0.4, 0.5) is 10.3 Å². The molecule has 1 aromatic heterocycles. The van der Waals surface area contributed by atoms with Crippen LogP contribution in [0.3, 0.4) is 0 Å². The van der Waals surface area contributed by atoms with Crippen molar-refractivity contribution in [3.63, 3.8) is 0 Å². The number of rotatable bonds is 3. The highest BCUT2D eigenvalue weighted by Gasteiger charge is 2.03. The Hall–Kier alpha value is -2.17. The molecule has 0 saturated heterocycles. The Morgan fingerprint density at radius 2 is 2.12 bits per heavy atom. The maximum atomic E-state index is 13.1. The van der Waals surface area contributed by atoms with Gasteiger partial charge in [0, 0.05) is 19.3 Å². The maximum Gasteiger partial charge on any atom is 0.225 e. The molecule has 4 nitrogen and oxygen atoms in total. The van der Waals surface area contributed by atoms with Crippen LogP contribution >= 0.6 is 0 Å². The van der Waals surface area contributed by atoms with Crippen molar-refractivity contribution in [2.45, 2.75) is 6.92 Å². The molecule has 0 spiro atoms. The summed E-state index contributed by atoms with van der Waals surface area (Å²) in [5.74, 6) is 1.18. The lowest BCUT2D eigenvalue weighted by molar-refractivity contribution is 0.460. The van der Waals surface area contributed by atoms with Crippen molar-refractivity contribution in [1.82, 2.24) is 9.97 Å². The topological polar surface area (TPSA) is 47.0 Å². The van der Waals surface area contributed by atoms with Crippen LogP contribution in [-0.4, -0.2) is 17.0 Å². The Kier molecular flexibility index (Phi) is 3.18. The van der Waals surface area contributed by atoms with Gasteiger partial charge in [0.05, 0.1) is 0 Å². The van der Waals surface area contributed by atoms with Gasteiger partial charge in [-0.3, -0.25) is 0 Å². The summed E-state index contributed by atoms with van der Waals surface area (Å²) in [4.78, 5) is 8.07. The van der Waals surface area contributed by atoms with Gasteiger partial charge in [-0.05, 0) is 30.7 Å². The first kappa shape index (κ1) is 11.3. The molecule has 0 unspecified atom stereocenters. The Morgan fingerprint density at radius 3 is 2.82 bits per heavy atom. The minimum absolute atomic E-state index is 0.254. The lowest BCUT2D eigenvalue weighted by atomic mass is 10.2. The van der Waals surface area contributed by atoms with Crippen molar-refractivity contribution in [3.05, 3.63) is 41.8 Å². The molecule has 1 heterocycles. The van der Waals surface area contributed by atoms with E-state index in [1.807, 2.05) is 0 Å². The van der Waals surface area contributed by atoms with Gasteiger partial charge < -0.3 is 10.1 Å². The van der Waals surface area contributed by atoms with E-state index >= 15 is 0 Å². The van der Waals surface area contributed by atoms with Gasteiger partial charge in [-0.2, -0.15) is 4.98 Å². The van der Waals surface area contributed by atoms with Crippen molar-refractivity contribution in [3.8, 4) is 11.6 Å². The normalized spacial score (nSPS) is 10.1. The predicted octanol–water partition coefficient (Wildman–Crippen LogP) is 2.76. The Bertz CT molecular complexity index is 531. The maximum absolute atomic E-state index is 13.1. The molecule has 0 atom stereocenters. The molecule has 1 aromatic carbocycles. The highest BCUT2D eigenvalue weighted by Crippen LogP contribution is 2.22. The SMILES string of the molecule is CNc1nccc(Oc2ccc(F)c(C)c2)n1. The monoisotopic (exact) mass is 233 g/mol. The molecule has 0 amide bonds. The smallest absolute Gasteiger partial charge is 0.225 e. The zero-order valence-corrected chi connectivity index (χ0v) is 9.57. The molecule has 2 aromatic rings. The number of hydrogen-bond donors (Lipinski definition) is 1. The van der Waals surface area contributed by atoms with Crippen LogP contribution in [0, 0.1) is 12.7 Å². The largest absolute Gasteiger partial charge is 0.439 e. The van der Waals surface area contributed by atoms with Crippen LogP contribution in [0.25, 0.3) is 0 Å². The van der Waals surface area contributed by atoms with E-state index in [9.17, 15) is 4.39 Å². The zero-order chi connectivity index (χ0) is 12.3. The number of hydrogen-bond acceptors (Lipinski definition) is 4. The number of halogens is 1. The van der Waals surface area contributed by atoms with Gasteiger partial charge in [0.1, 0.15) is 11.6 Å². The number of anilines is 1. The van der Waals surface area contributed by atoms with E-state index in [4.69, 9.17) is 4.74 Å². The number of aryl methyl sites for hydroxylation is 1.